The number of nitrogens with one attached hydrogen (secondary N) is 1. The molecule has 5 heteroatoms. The number of piperazine rings is 1. The van der Waals surface area contributed by atoms with Gasteiger partial charge in [0.05, 0.1) is 18.7 Å². The molecule has 3 aromatic rings. The number of halogens is 1. The van der Waals surface area contributed by atoms with Gasteiger partial charge in [-0.3, -0.25) is 9.88 Å². The third-order valence-corrected chi connectivity index (χ3v) is 5.42. The lowest BCUT2D eigenvalue weighted by atomic mass is 9.95. The fourth-order valence-corrected chi connectivity index (χ4v) is 4.06. The maximum atomic E-state index is 5.70. The molecule has 0 amide bonds. The Kier molecular flexibility index (Phi) is 5.20. The van der Waals surface area contributed by atoms with Gasteiger partial charge in [-0.05, 0) is 35.9 Å². The van der Waals surface area contributed by atoms with Crippen LogP contribution in [0.25, 0.3) is 10.9 Å². The molecule has 2 heterocycles. The van der Waals surface area contributed by atoms with E-state index in [9.17, 15) is 0 Å². The van der Waals surface area contributed by atoms with Crippen LogP contribution in [0.3, 0.4) is 0 Å². The quantitative estimate of drug-likeness (QED) is 0.703. The zero-order valence-electron chi connectivity index (χ0n) is 14.8. The van der Waals surface area contributed by atoms with Crippen molar-refractivity contribution in [1.82, 2.24) is 15.2 Å². The lowest BCUT2D eigenvalue weighted by Crippen LogP contribution is -2.45. The molecule has 0 spiro atoms. The number of methoxy groups -OCH3 is 1. The first-order valence-corrected chi connectivity index (χ1v) is 9.68. The van der Waals surface area contributed by atoms with Crippen LogP contribution >= 0.6 is 15.9 Å². The van der Waals surface area contributed by atoms with Crippen molar-refractivity contribution in [2.24, 2.45) is 0 Å². The first-order chi connectivity index (χ1) is 12.8. The van der Waals surface area contributed by atoms with E-state index >= 15 is 0 Å². The minimum absolute atomic E-state index is 0.113. The van der Waals surface area contributed by atoms with Gasteiger partial charge < -0.3 is 10.1 Å². The molecule has 1 unspecified atom stereocenters. The third-order valence-electron chi connectivity index (χ3n) is 4.93. The molecule has 1 fully saturated rings. The number of benzene rings is 2. The number of hydrogen-bond donors (Lipinski definition) is 1. The summed E-state index contributed by atoms with van der Waals surface area (Å²) >= 11 is 3.63. The van der Waals surface area contributed by atoms with E-state index in [0.29, 0.717) is 0 Å². The zero-order chi connectivity index (χ0) is 17.9. The van der Waals surface area contributed by atoms with Gasteiger partial charge in [0, 0.05) is 47.8 Å². The SMILES string of the molecule is COc1ccc(Br)cc1C(c1cnc2ccccc2c1)N1CCNCC1. The van der Waals surface area contributed by atoms with E-state index < -0.39 is 0 Å². The van der Waals surface area contributed by atoms with Crippen molar-refractivity contribution in [3.63, 3.8) is 0 Å². The predicted octanol–water partition coefficient (Wildman–Crippen LogP) is 4.00. The fourth-order valence-electron chi connectivity index (χ4n) is 3.68. The van der Waals surface area contributed by atoms with Crippen LogP contribution in [0.1, 0.15) is 17.2 Å². The minimum Gasteiger partial charge on any atom is -0.496 e. The van der Waals surface area contributed by atoms with Crippen LogP contribution in [0, 0.1) is 0 Å². The summed E-state index contributed by atoms with van der Waals surface area (Å²) in [6, 6.07) is 16.9. The Morgan fingerprint density at radius 2 is 1.92 bits per heavy atom. The number of ether oxygens (including phenoxy) is 1. The van der Waals surface area contributed by atoms with E-state index in [0.717, 1.165) is 41.9 Å². The molecular formula is C21H22BrN3O. The maximum absolute atomic E-state index is 5.70. The van der Waals surface area contributed by atoms with E-state index in [1.54, 1.807) is 7.11 Å². The minimum atomic E-state index is 0.113. The Bertz CT molecular complexity index is 909. The second kappa shape index (κ2) is 7.74. The average molecular weight is 412 g/mol. The Labute approximate surface area is 162 Å². The number of para-hydroxylation sites is 1. The molecule has 134 valence electrons. The topological polar surface area (TPSA) is 37.4 Å². The summed E-state index contributed by atoms with van der Waals surface area (Å²) in [5.74, 6) is 0.907. The number of fused-ring (bicyclic) bond motifs is 1. The molecule has 4 nitrogen and oxygen atoms in total. The molecule has 1 atom stereocenters. The van der Waals surface area contributed by atoms with Crippen molar-refractivity contribution in [3.05, 3.63) is 70.3 Å². The van der Waals surface area contributed by atoms with Crippen molar-refractivity contribution in [1.29, 1.82) is 0 Å². The highest BCUT2D eigenvalue weighted by molar-refractivity contribution is 9.10. The lowest BCUT2D eigenvalue weighted by Gasteiger charge is -2.36. The molecule has 0 bridgehead atoms. The standard InChI is InChI=1S/C21H22BrN3O/c1-26-20-7-6-17(22)13-18(20)21(25-10-8-23-9-11-25)16-12-15-4-2-3-5-19(15)24-14-16/h2-7,12-14,21,23H,8-11H2,1H3. The van der Waals surface area contributed by atoms with E-state index in [2.05, 4.69) is 56.5 Å². The Morgan fingerprint density at radius 3 is 2.73 bits per heavy atom. The molecular weight excluding hydrogens is 390 g/mol. The molecule has 0 saturated carbocycles. The Morgan fingerprint density at radius 1 is 1.12 bits per heavy atom. The molecule has 1 aliphatic rings. The van der Waals surface area contributed by atoms with Crippen LogP contribution in [-0.2, 0) is 0 Å². The Balaban J connectivity index is 1.86. The lowest BCUT2D eigenvalue weighted by molar-refractivity contribution is 0.195. The normalized spacial score (nSPS) is 16.5. The number of nitrogens with zero attached hydrogens (tertiary/aromatic N) is 2. The third kappa shape index (κ3) is 3.47. The summed E-state index contributed by atoms with van der Waals surface area (Å²) in [5.41, 5.74) is 3.39. The van der Waals surface area contributed by atoms with Gasteiger partial charge in [-0.25, -0.2) is 0 Å². The van der Waals surface area contributed by atoms with Crippen LogP contribution in [0.15, 0.2) is 59.2 Å². The first kappa shape index (κ1) is 17.5. The molecule has 0 aliphatic carbocycles. The molecule has 1 saturated heterocycles. The first-order valence-electron chi connectivity index (χ1n) is 8.89. The molecule has 1 aliphatic heterocycles. The summed E-state index contributed by atoms with van der Waals surface area (Å²) < 4.78 is 6.76. The second-order valence-electron chi connectivity index (χ2n) is 6.54. The highest BCUT2D eigenvalue weighted by Crippen LogP contribution is 2.37. The summed E-state index contributed by atoms with van der Waals surface area (Å²) in [5, 5.41) is 4.61. The van der Waals surface area contributed by atoms with E-state index in [-0.39, 0.29) is 6.04 Å². The van der Waals surface area contributed by atoms with Crippen molar-refractivity contribution >= 4 is 26.8 Å². The van der Waals surface area contributed by atoms with Gasteiger partial charge in [0.15, 0.2) is 0 Å². The van der Waals surface area contributed by atoms with Crippen LogP contribution in [0.4, 0.5) is 0 Å². The number of hydrogen-bond acceptors (Lipinski definition) is 4. The van der Waals surface area contributed by atoms with Crippen molar-refractivity contribution in [3.8, 4) is 5.75 Å². The van der Waals surface area contributed by atoms with Crippen molar-refractivity contribution in [2.75, 3.05) is 33.3 Å². The Hall–Kier alpha value is -1.95. The van der Waals surface area contributed by atoms with E-state index in [1.165, 1.54) is 16.5 Å². The number of aromatic nitrogens is 1. The highest BCUT2D eigenvalue weighted by Gasteiger charge is 2.27. The van der Waals surface area contributed by atoms with Gasteiger partial charge >= 0.3 is 0 Å². The van der Waals surface area contributed by atoms with Crippen LogP contribution in [-0.4, -0.2) is 43.2 Å². The van der Waals surface area contributed by atoms with E-state index in [4.69, 9.17) is 9.72 Å². The second-order valence-corrected chi connectivity index (χ2v) is 7.45. The van der Waals surface area contributed by atoms with Crippen LogP contribution in [0.5, 0.6) is 5.75 Å². The van der Waals surface area contributed by atoms with Gasteiger partial charge in [-0.2, -0.15) is 0 Å². The number of pyridine rings is 1. The summed E-state index contributed by atoms with van der Waals surface area (Å²) in [6.45, 7) is 3.97. The fraction of sp³-hybridized carbons (Fsp3) is 0.286. The monoisotopic (exact) mass is 411 g/mol. The average Bonchev–Trinajstić information content (AvgIpc) is 2.69. The van der Waals surface area contributed by atoms with Crippen LogP contribution in [0.2, 0.25) is 0 Å². The van der Waals surface area contributed by atoms with Gasteiger partial charge in [0.1, 0.15) is 5.75 Å². The van der Waals surface area contributed by atoms with Crippen LogP contribution < -0.4 is 10.1 Å². The molecule has 2 aromatic carbocycles. The number of rotatable bonds is 4. The zero-order valence-corrected chi connectivity index (χ0v) is 16.4. The van der Waals surface area contributed by atoms with Crippen molar-refractivity contribution < 1.29 is 4.74 Å². The van der Waals surface area contributed by atoms with Gasteiger partial charge in [-0.15, -0.1) is 0 Å². The molecule has 1 N–H and O–H groups in total. The van der Waals surface area contributed by atoms with Crippen molar-refractivity contribution in [2.45, 2.75) is 6.04 Å². The van der Waals surface area contributed by atoms with Gasteiger partial charge in [-0.1, -0.05) is 34.1 Å². The predicted molar refractivity (Wildman–Crippen MR) is 109 cm³/mol. The largest absolute Gasteiger partial charge is 0.496 e. The summed E-state index contributed by atoms with van der Waals surface area (Å²) in [4.78, 5) is 7.21. The molecule has 26 heavy (non-hydrogen) atoms. The van der Waals surface area contributed by atoms with Gasteiger partial charge in [0.25, 0.3) is 0 Å². The maximum Gasteiger partial charge on any atom is 0.124 e. The molecule has 1 aromatic heterocycles. The molecule has 0 radical (unpaired) electrons. The van der Waals surface area contributed by atoms with E-state index in [1.807, 2.05) is 24.4 Å². The highest BCUT2D eigenvalue weighted by atomic mass is 79.9. The smallest absolute Gasteiger partial charge is 0.124 e. The summed E-state index contributed by atoms with van der Waals surface area (Å²) in [7, 11) is 1.74. The molecule has 4 rings (SSSR count). The van der Waals surface area contributed by atoms with Gasteiger partial charge in [0.2, 0.25) is 0 Å². The summed E-state index contributed by atoms with van der Waals surface area (Å²) in [6.07, 6.45) is 2.01.